The SMILES string of the molecule is O=P(c1ccccc1)(c1ccc2ccccc2c1)c1ccc2ccc3cccc4ccc1c2c34. The van der Waals surface area contributed by atoms with Gasteiger partial charge in [-0.2, -0.15) is 0 Å². The largest absolute Gasteiger partial charge is 0.309 e. The van der Waals surface area contributed by atoms with E-state index >= 15 is 4.57 Å². The maximum atomic E-state index is 15.4. The molecule has 2 heteroatoms. The highest BCUT2D eigenvalue weighted by Crippen LogP contribution is 2.46. The Morgan fingerprint density at radius 2 is 1.00 bits per heavy atom. The summed E-state index contributed by atoms with van der Waals surface area (Å²) in [5.41, 5.74) is 0. The van der Waals surface area contributed by atoms with Gasteiger partial charge in [-0.3, -0.25) is 0 Å². The fraction of sp³-hybridized carbons (Fsp3) is 0. The molecular formula is C32H21OP. The molecule has 0 heterocycles. The van der Waals surface area contributed by atoms with Gasteiger partial charge in [-0.15, -0.1) is 0 Å². The van der Waals surface area contributed by atoms with Gasteiger partial charge in [0.1, 0.15) is 0 Å². The van der Waals surface area contributed by atoms with E-state index in [2.05, 4.69) is 78.9 Å². The zero-order chi connectivity index (χ0) is 22.7. The highest BCUT2D eigenvalue weighted by molar-refractivity contribution is 7.85. The van der Waals surface area contributed by atoms with Crippen LogP contribution in [0.15, 0.2) is 127 Å². The monoisotopic (exact) mass is 452 g/mol. The van der Waals surface area contributed by atoms with Gasteiger partial charge in [0.2, 0.25) is 0 Å². The lowest BCUT2D eigenvalue weighted by Gasteiger charge is -2.23. The molecule has 0 aliphatic carbocycles. The Balaban J connectivity index is 1.62. The molecule has 0 aliphatic rings. The molecule has 7 aromatic carbocycles. The molecule has 0 aromatic heterocycles. The molecule has 1 unspecified atom stereocenters. The van der Waals surface area contributed by atoms with Crippen molar-refractivity contribution in [1.82, 2.24) is 0 Å². The van der Waals surface area contributed by atoms with Crippen molar-refractivity contribution in [3.05, 3.63) is 127 Å². The second kappa shape index (κ2) is 7.29. The molecule has 7 rings (SSSR count). The van der Waals surface area contributed by atoms with Gasteiger partial charge in [0.25, 0.3) is 0 Å². The van der Waals surface area contributed by atoms with Gasteiger partial charge in [-0.05, 0) is 55.2 Å². The normalized spacial score (nSPS) is 13.6. The highest BCUT2D eigenvalue weighted by atomic mass is 31.2. The van der Waals surface area contributed by atoms with E-state index in [-0.39, 0.29) is 0 Å². The lowest BCUT2D eigenvalue weighted by atomic mass is 9.94. The summed E-state index contributed by atoms with van der Waals surface area (Å²) in [6, 6.07) is 43.8. The molecule has 34 heavy (non-hydrogen) atoms. The van der Waals surface area contributed by atoms with E-state index in [1.165, 1.54) is 26.9 Å². The molecule has 0 aliphatic heterocycles. The van der Waals surface area contributed by atoms with Crippen molar-refractivity contribution in [3.63, 3.8) is 0 Å². The minimum atomic E-state index is -3.14. The minimum Gasteiger partial charge on any atom is -0.309 e. The van der Waals surface area contributed by atoms with Crippen LogP contribution in [0.25, 0.3) is 43.1 Å². The number of hydrogen-bond donors (Lipinski definition) is 0. The molecule has 0 fully saturated rings. The number of benzene rings is 7. The van der Waals surface area contributed by atoms with Crippen LogP contribution in [0.4, 0.5) is 0 Å². The van der Waals surface area contributed by atoms with E-state index in [9.17, 15) is 0 Å². The Bertz CT molecular complexity index is 1870. The topological polar surface area (TPSA) is 17.1 Å². The second-order valence-corrected chi connectivity index (χ2v) is 11.7. The first kappa shape index (κ1) is 19.5. The van der Waals surface area contributed by atoms with E-state index in [0.29, 0.717) is 0 Å². The van der Waals surface area contributed by atoms with E-state index in [1.54, 1.807) is 0 Å². The summed E-state index contributed by atoms with van der Waals surface area (Å²) in [6.07, 6.45) is 0. The first-order valence-corrected chi connectivity index (χ1v) is 13.3. The molecule has 0 radical (unpaired) electrons. The van der Waals surface area contributed by atoms with Crippen LogP contribution < -0.4 is 15.9 Å². The lowest BCUT2D eigenvalue weighted by Crippen LogP contribution is -2.25. The van der Waals surface area contributed by atoms with Crippen LogP contribution in [0.2, 0.25) is 0 Å². The standard InChI is InChI=1S/C32H21OP/c33-34(27-11-2-1-3-12-27,28-18-15-22-7-4-5-8-26(22)21-28)30-20-17-25-14-13-23-9-6-10-24-16-19-29(30)32(25)31(23)24/h1-21H. The van der Waals surface area contributed by atoms with Crippen molar-refractivity contribution in [2.75, 3.05) is 0 Å². The smallest absolute Gasteiger partial charge is 0.171 e. The molecule has 0 saturated carbocycles. The average molecular weight is 452 g/mol. The average Bonchev–Trinajstić information content (AvgIpc) is 2.91. The number of fused-ring (bicyclic) bond motifs is 1. The summed E-state index contributed by atoms with van der Waals surface area (Å²) in [7, 11) is -3.14. The quantitative estimate of drug-likeness (QED) is 0.202. The van der Waals surface area contributed by atoms with E-state index in [4.69, 9.17) is 0 Å². The van der Waals surface area contributed by atoms with Gasteiger partial charge in [-0.1, -0.05) is 115 Å². The lowest BCUT2D eigenvalue weighted by molar-refractivity contribution is 0.592. The highest BCUT2D eigenvalue weighted by Gasteiger charge is 2.32. The van der Waals surface area contributed by atoms with Crippen LogP contribution >= 0.6 is 7.14 Å². The van der Waals surface area contributed by atoms with Crippen molar-refractivity contribution in [2.45, 2.75) is 0 Å². The Hall–Kier alpha value is -3.93. The van der Waals surface area contributed by atoms with Crippen molar-refractivity contribution in [1.29, 1.82) is 0 Å². The summed E-state index contributed by atoms with van der Waals surface area (Å²) in [4.78, 5) is 0. The molecule has 0 amide bonds. The van der Waals surface area contributed by atoms with E-state index in [0.717, 1.165) is 32.1 Å². The van der Waals surface area contributed by atoms with Gasteiger partial charge in [-0.25, -0.2) is 0 Å². The third-order valence-electron chi connectivity index (χ3n) is 7.06. The molecule has 0 N–H and O–H groups in total. The Labute approximate surface area is 198 Å². The maximum Gasteiger partial charge on any atom is 0.171 e. The first-order chi connectivity index (χ1) is 16.7. The molecule has 1 atom stereocenters. The van der Waals surface area contributed by atoms with Crippen LogP contribution in [-0.2, 0) is 4.57 Å². The maximum absolute atomic E-state index is 15.4. The third kappa shape index (κ3) is 2.71. The summed E-state index contributed by atoms with van der Waals surface area (Å²) in [5, 5.41) is 12.0. The second-order valence-electron chi connectivity index (χ2n) is 8.92. The van der Waals surface area contributed by atoms with Gasteiger partial charge in [0, 0.05) is 15.9 Å². The summed E-state index contributed by atoms with van der Waals surface area (Å²) >= 11 is 0. The predicted molar refractivity (Wildman–Crippen MR) is 147 cm³/mol. The molecular weight excluding hydrogens is 431 g/mol. The molecule has 160 valence electrons. The van der Waals surface area contributed by atoms with Crippen molar-refractivity contribution >= 4 is 66.1 Å². The van der Waals surface area contributed by atoms with E-state index < -0.39 is 7.14 Å². The number of rotatable bonds is 3. The van der Waals surface area contributed by atoms with Gasteiger partial charge in [0.05, 0.1) is 0 Å². The molecule has 0 saturated heterocycles. The first-order valence-electron chi connectivity index (χ1n) is 11.6. The molecule has 7 aromatic rings. The van der Waals surface area contributed by atoms with Crippen LogP contribution in [0, 0.1) is 0 Å². The molecule has 0 bridgehead atoms. The van der Waals surface area contributed by atoms with Crippen LogP contribution in [-0.4, -0.2) is 0 Å². The molecule has 1 nitrogen and oxygen atoms in total. The summed E-state index contributed by atoms with van der Waals surface area (Å²) in [5.74, 6) is 0. The van der Waals surface area contributed by atoms with Crippen molar-refractivity contribution in [3.8, 4) is 0 Å². The Morgan fingerprint density at radius 3 is 1.79 bits per heavy atom. The van der Waals surface area contributed by atoms with Crippen LogP contribution in [0.5, 0.6) is 0 Å². The number of hydrogen-bond acceptors (Lipinski definition) is 1. The van der Waals surface area contributed by atoms with Gasteiger partial charge < -0.3 is 4.57 Å². The zero-order valence-corrected chi connectivity index (χ0v) is 19.4. The Kier molecular flexibility index (Phi) is 4.19. The van der Waals surface area contributed by atoms with Crippen LogP contribution in [0.3, 0.4) is 0 Å². The molecule has 0 spiro atoms. The van der Waals surface area contributed by atoms with Crippen LogP contribution in [0.1, 0.15) is 0 Å². The summed E-state index contributed by atoms with van der Waals surface area (Å²) in [6.45, 7) is 0. The Morgan fingerprint density at radius 1 is 0.412 bits per heavy atom. The van der Waals surface area contributed by atoms with Crippen molar-refractivity contribution < 1.29 is 4.57 Å². The van der Waals surface area contributed by atoms with E-state index in [1.807, 2.05) is 48.5 Å². The predicted octanol–water partition coefficient (Wildman–Crippen LogP) is 7.38. The fourth-order valence-electron chi connectivity index (χ4n) is 5.43. The minimum absolute atomic E-state index is 0.861. The summed E-state index contributed by atoms with van der Waals surface area (Å²) < 4.78 is 15.4. The van der Waals surface area contributed by atoms with Gasteiger partial charge >= 0.3 is 0 Å². The third-order valence-corrected chi connectivity index (χ3v) is 10.2. The fourth-order valence-corrected chi connectivity index (χ4v) is 8.29. The van der Waals surface area contributed by atoms with Gasteiger partial charge in [0.15, 0.2) is 7.14 Å². The van der Waals surface area contributed by atoms with Crippen molar-refractivity contribution in [2.24, 2.45) is 0 Å². The zero-order valence-electron chi connectivity index (χ0n) is 18.5.